The molecule has 5 nitrogen and oxygen atoms in total. The molecule has 23 heavy (non-hydrogen) atoms. The number of rotatable bonds is 5. The smallest absolute Gasteiger partial charge is 0.135 e. The molecule has 3 rings (SSSR count). The number of anilines is 3. The Bertz CT molecular complexity index is 738. The van der Waals surface area contributed by atoms with Crippen molar-refractivity contribution in [2.45, 2.75) is 6.92 Å². The van der Waals surface area contributed by atoms with E-state index >= 15 is 0 Å². The van der Waals surface area contributed by atoms with Crippen LogP contribution in [0.15, 0.2) is 35.3 Å². The van der Waals surface area contributed by atoms with E-state index in [1.807, 2.05) is 30.1 Å². The van der Waals surface area contributed by atoms with Gasteiger partial charge in [0.05, 0.1) is 30.0 Å². The molecule has 0 atom stereocenters. The maximum atomic E-state index is 10.5. The third-order valence-electron chi connectivity index (χ3n) is 3.68. The summed E-state index contributed by atoms with van der Waals surface area (Å²) >= 11 is 1.73. The first kappa shape index (κ1) is 15.7. The molecule has 2 heterocycles. The summed E-state index contributed by atoms with van der Waals surface area (Å²) in [5.41, 5.74) is 3.18. The number of benzene rings is 1. The zero-order chi connectivity index (χ0) is 16.2. The van der Waals surface area contributed by atoms with Gasteiger partial charge in [0, 0.05) is 11.4 Å². The standard InChI is InChI=1S/C17H20N4OS/c1-12-11-13-16(18-7-8-21(2)9-10-22)19-14-5-3-4-6-15(14)20-17(13)23-12/h3-6,10-11,20H,7-9H2,1-2H3,(H,18,19). The van der Waals surface area contributed by atoms with Crippen molar-refractivity contribution in [1.29, 1.82) is 0 Å². The molecule has 0 saturated carbocycles. The number of nitrogens with one attached hydrogen (secondary N) is 2. The van der Waals surface area contributed by atoms with Crippen LogP contribution >= 0.6 is 11.3 Å². The van der Waals surface area contributed by atoms with Crippen LogP contribution in [0.5, 0.6) is 0 Å². The molecule has 120 valence electrons. The predicted octanol–water partition coefficient (Wildman–Crippen LogP) is 3.10. The van der Waals surface area contributed by atoms with Crippen molar-refractivity contribution in [2.24, 2.45) is 4.99 Å². The summed E-state index contributed by atoms with van der Waals surface area (Å²) < 4.78 is 0. The molecule has 2 aromatic rings. The molecule has 1 aliphatic rings. The molecular weight excluding hydrogens is 308 g/mol. The first-order valence-corrected chi connectivity index (χ1v) is 8.39. The lowest BCUT2D eigenvalue weighted by atomic mass is 10.2. The normalized spacial score (nSPS) is 14.7. The number of hydrogen-bond donors (Lipinski definition) is 2. The van der Waals surface area contributed by atoms with Gasteiger partial charge in [0.2, 0.25) is 0 Å². The van der Waals surface area contributed by atoms with E-state index in [-0.39, 0.29) is 0 Å². The molecule has 0 spiro atoms. The van der Waals surface area contributed by atoms with E-state index in [0.29, 0.717) is 13.1 Å². The Morgan fingerprint density at radius 3 is 2.74 bits per heavy atom. The van der Waals surface area contributed by atoms with E-state index in [2.05, 4.69) is 29.7 Å². The Kier molecular flexibility index (Phi) is 4.73. The van der Waals surface area contributed by atoms with Gasteiger partial charge in [-0.1, -0.05) is 12.1 Å². The summed E-state index contributed by atoms with van der Waals surface area (Å²) in [6.07, 6.45) is 0.914. The number of likely N-dealkylation sites (N-methyl/N-ethyl adjacent to an activating group) is 1. The SMILES string of the molecule is Cc1cc2c(s1)Nc1ccccc1NC2=NCCN(C)CC=O. The zero-order valence-electron chi connectivity index (χ0n) is 13.3. The predicted molar refractivity (Wildman–Crippen MR) is 97.4 cm³/mol. The number of aldehydes is 1. The summed E-state index contributed by atoms with van der Waals surface area (Å²) in [6, 6.07) is 10.3. The minimum atomic E-state index is 0.436. The second kappa shape index (κ2) is 6.93. The van der Waals surface area contributed by atoms with Crippen LogP contribution < -0.4 is 10.6 Å². The number of aryl methyl sites for hydroxylation is 1. The van der Waals surface area contributed by atoms with Crippen molar-refractivity contribution in [1.82, 2.24) is 4.90 Å². The van der Waals surface area contributed by atoms with Crippen LogP contribution in [-0.2, 0) is 4.79 Å². The summed E-state index contributed by atoms with van der Waals surface area (Å²) in [5.74, 6) is 0.876. The molecular formula is C17H20N4OS. The van der Waals surface area contributed by atoms with E-state index < -0.39 is 0 Å². The van der Waals surface area contributed by atoms with Crippen molar-refractivity contribution in [3.8, 4) is 0 Å². The Hall–Kier alpha value is -2.18. The Labute approximate surface area is 140 Å². The first-order chi connectivity index (χ1) is 11.2. The highest BCUT2D eigenvalue weighted by atomic mass is 32.1. The van der Waals surface area contributed by atoms with Crippen LogP contribution in [0.4, 0.5) is 16.4 Å². The van der Waals surface area contributed by atoms with Crippen molar-refractivity contribution in [2.75, 3.05) is 37.3 Å². The van der Waals surface area contributed by atoms with Gasteiger partial charge >= 0.3 is 0 Å². The van der Waals surface area contributed by atoms with E-state index in [1.54, 1.807) is 11.3 Å². The number of carbonyl (C=O) groups excluding carboxylic acids is 1. The maximum Gasteiger partial charge on any atom is 0.135 e. The fourth-order valence-electron chi connectivity index (χ4n) is 2.48. The molecule has 0 fully saturated rings. The average Bonchev–Trinajstić information content (AvgIpc) is 2.82. The van der Waals surface area contributed by atoms with Crippen molar-refractivity contribution in [3.63, 3.8) is 0 Å². The van der Waals surface area contributed by atoms with E-state index in [4.69, 9.17) is 4.99 Å². The maximum absolute atomic E-state index is 10.5. The van der Waals surface area contributed by atoms with Crippen LogP contribution in [0, 0.1) is 6.92 Å². The van der Waals surface area contributed by atoms with Gasteiger partial charge in [-0.05, 0) is 32.2 Å². The van der Waals surface area contributed by atoms with E-state index in [0.717, 1.165) is 40.6 Å². The second-order valence-electron chi connectivity index (χ2n) is 5.55. The van der Waals surface area contributed by atoms with Crippen LogP contribution in [0.3, 0.4) is 0 Å². The minimum absolute atomic E-state index is 0.436. The monoisotopic (exact) mass is 328 g/mol. The molecule has 1 aromatic heterocycles. The lowest BCUT2D eigenvalue weighted by Gasteiger charge is -2.12. The molecule has 0 saturated heterocycles. The third kappa shape index (κ3) is 3.60. The number of amidine groups is 1. The number of para-hydroxylation sites is 2. The summed E-state index contributed by atoms with van der Waals surface area (Å²) in [7, 11) is 1.92. The number of aliphatic imine (C=N–C) groups is 1. The van der Waals surface area contributed by atoms with Crippen LogP contribution in [0.1, 0.15) is 10.4 Å². The summed E-state index contributed by atoms with van der Waals surface area (Å²) in [6.45, 7) is 3.93. The molecule has 6 heteroatoms. The second-order valence-corrected chi connectivity index (χ2v) is 6.81. The van der Waals surface area contributed by atoms with Crippen molar-refractivity contribution in [3.05, 3.63) is 40.8 Å². The fraction of sp³-hybridized carbons (Fsp3) is 0.294. The quantitative estimate of drug-likeness (QED) is 0.828. The van der Waals surface area contributed by atoms with Gasteiger partial charge in [-0.15, -0.1) is 11.3 Å². The zero-order valence-corrected chi connectivity index (χ0v) is 14.1. The largest absolute Gasteiger partial charge is 0.345 e. The van der Waals surface area contributed by atoms with Gasteiger partial charge in [-0.3, -0.25) is 9.89 Å². The van der Waals surface area contributed by atoms with Crippen LogP contribution in [0.2, 0.25) is 0 Å². The number of nitrogens with zero attached hydrogens (tertiary/aromatic N) is 2. The van der Waals surface area contributed by atoms with Gasteiger partial charge in [0.15, 0.2) is 0 Å². The summed E-state index contributed by atoms with van der Waals surface area (Å²) in [5, 5.41) is 8.04. The van der Waals surface area contributed by atoms with Gasteiger partial charge in [0.1, 0.15) is 17.1 Å². The first-order valence-electron chi connectivity index (χ1n) is 7.58. The van der Waals surface area contributed by atoms with Gasteiger partial charge < -0.3 is 15.4 Å². The minimum Gasteiger partial charge on any atom is -0.345 e. The Morgan fingerprint density at radius 2 is 2.00 bits per heavy atom. The number of fused-ring (bicyclic) bond motifs is 2. The number of thiophene rings is 1. The van der Waals surface area contributed by atoms with Gasteiger partial charge in [0.25, 0.3) is 0 Å². The third-order valence-corrected chi connectivity index (χ3v) is 4.64. The highest BCUT2D eigenvalue weighted by Crippen LogP contribution is 2.36. The molecule has 0 radical (unpaired) electrons. The molecule has 2 N–H and O–H groups in total. The highest BCUT2D eigenvalue weighted by molar-refractivity contribution is 7.16. The van der Waals surface area contributed by atoms with E-state index in [9.17, 15) is 4.79 Å². The lowest BCUT2D eigenvalue weighted by molar-refractivity contribution is -0.108. The highest BCUT2D eigenvalue weighted by Gasteiger charge is 2.19. The van der Waals surface area contributed by atoms with E-state index in [1.165, 1.54) is 4.88 Å². The molecule has 0 aliphatic carbocycles. The lowest BCUT2D eigenvalue weighted by Crippen LogP contribution is -2.24. The average molecular weight is 328 g/mol. The molecule has 0 unspecified atom stereocenters. The number of carbonyl (C=O) groups is 1. The summed E-state index contributed by atoms with van der Waals surface area (Å²) in [4.78, 5) is 18.5. The fourth-order valence-corrected chi connectivity index (χ4v) is 3.40. The topological polar surface area (TPSA) is 56.7 Å². The molecule has 0 bridgehead atoms. The van der Waals surface area contributed by atoms with Gasteiger partial charge in [-0.2, -0.15) is 0 Å². The Balaban J connectivity index is 1.87. The molecule has 1 aromatic carbocycles. The Morgan fingerprint density at radius 1 is 1.26 bits per heavy atom. The van der Waals surface area contributed by atoms with Gasteiger partial charge in [-0.25, -0.2) is 0 Å². The molecule has 1 aliphatic heterocycles. The van der Waals surface area contributed by atoms with Crippen molar-refractivity contribution >= 4 is 39.8 Å². The van der Waals surface area contributed by atoms with Crippen LogP contribution in [0.25, 0.3) is 0 Å². The van der Waals surface area contributed by atoms with Crippen LogP contribution in [-0.4, -0.2) is 43.7 Å². The molecule has 0 amide bonds. The van der Waals surface area contributed by atoms with Crippen molar-refractivity contribution < 1.29 is 4.79 Å². The number of hydrogen-bond acceptors (Lipinski definition) is 5.